The van der Waals surface area contributed by atoms with Crippen molar-refractivity contribution in [3.8, 4) is 0 Å². The van der Waals surface area contributed by atoms with E-state index in [0.717, 1.165) is 18.3 Å². The van der Waals surface area contributed by atoms with Gasteiger partial charge in [0.1, 0.15) is 0 Å². The maximum atomic E-state index is 3.70. The molecule has 1 saturated heterocycles. The van der Waals surface area contributed by atoms with Crippen molar-refractivity contribution in [2.75, 3.05) is 32.4 Å². The van der Waals surface area contributed by atoms with Gasteiger partial charge in [0.05, 0.1) is 5.54 Å². The van der Waals surface area contributed by atoms with E-state index in [2.05, 4.69) is 60.7 Å². The van der Waals surface area contributed by atoms with Crippen LogP contribution in [0, 0.1) is 0 Å². The van der Waals surface area contributed by atoms with Crippen molar-refractivity contribution < 1.29 is 0 Å². The smallest absolute Gasteiger partial charge is 0.0535 e. The van der Waals surface area contributed by atoms with Crippen LogP contribution >= 0.6 is 11.8 Å². The fraction of sp³-hybridized carbons (Fsp3) is 0.625. The zero-order chi connectivity index (χ0) is 13.7. The Morgan fingerprint density at radius 1 is 1.37 bits per heavy atom. The number of piperazine rings is 1. The molecule has 1 aliphatic rings. The average Bonchev–Trinajstić information content (AvgIpc) is 2.46. The number of nitrogens with one attached hydrogen (secondary N) is 1. The Morgan fingerprint density at radius 3 is 2.79 bits per heavy atom. The minimum absolute atomic E-state index is 0.0993. The molecule has 2 nitrogen and oxygen atoms in total. The van der Waals surface area contributed by atoms with E-state index < -0.39 is 0 Å². The quantitative estimate of drug-likeness (QED) is 0.891. The van der Waals surface area contributed by atoms with Gasteiger partial charge in [0.15, 0.2) is 0 Å². The second-order valence-electron chi connectivity index (χ2n) is 5.74. The normalized spacial score (nSPS) is 26.3. The summed E-state index contributed by atoms with van der Waals surface area (Å²) in [6.07, 6.45) is 3.49. The maximum Gasteiger partial charge on any atom is 0.0535 e. The first-order valence-corrected chi connectivity index (χ1v) is 8.48. The molecule has 0 aromatic heterocycles. The zero-order valence-electron chi connectivity index (χ0n) is 12.4. The van der Waals surface area contributed by atoms with Gasteiger partial charge in [-0.05, 0) is 31.7 Å². The lowest BCUT2D eigenvalue weighted by atomic mass is 9.89. The summed E-state index contributed by atoms with van der Waals surface area (Å²) in [5.41, 5.74) is 1.50. The molecule has 2 unspecified atom stereocenters. The van der Waals surface area contributed by atoms with Crippen molar-refractivity contribution in [3.05, 3.63) is 35.9 Å². The first-order valence-electron chi connectivity index (χ1n) is 7.20. The van der Waals surface area contributed by atoms with Gasteiger partial charge in [0.2, 0.25) is 0 Å². The molecule has 1 N–H and O–H groups in total. The van der Waals surface area contributed by atoms with E-state index in [1.807, 2.05) is 11.8 Å². The molecule has 0 saturated carbocycles. The van der Waals surface area contributed by atoms with Crippen LogP contribution in [0.1, 0.15) is 25.8 Å². The van der Waals surface area contributed by atoms with Gasteiger partial charge < -0.3 is 5.32 Å². The molecule has 3 heteroatoms. The van der Waals surface area contributed by atoms with Crippen LogP contribution in [0.5, 0.6) is 0 Å². The van der Waals surface area contributed by atoms with Gasteiger partial charge in [-0.2, -0.15) is 11.8 Å². The Balaban J connectivity index is 1.96. The van der Waals surface area contributed by atoms with E-state index in [0.29, 0.717) is 0 Å². The van der Waals surface area contributed by atoms with Crippen LogP contribution in [0.15, 0.2) is 30.3 Å². The van der Waals surface area contributed by atoms with E-state index in [-0.39, 0.29) is 5.54 Å². The predicted octanol–water partition coefficient (Wildman–Crippen LogP) is 2.95. The number of hydrogen-bond acceptors (Lipinski definition) is 3. The molecule has 1 fully saturated rings. The van der Waals surface area contributed by atoms with Crippen LogP contribution in [0.25, 0.3) is 0 Å². The monoisotopic (exact) mass is 278 g/mol. The van der Waals surface area contributed by atoms with E-state index in [9.17, 15) is 0 Å². The van der Waals surface area contributed by atoms with Crippen molar-refractivity contribution >= 4 is 11.8 Å². The molecule has 0 radical (unpaired) electrons. The summed E-state index contributed by atoms with van der Waals surface area (Å²) in [5, 5.41) is 4.46. The van der Waals surface area contributed by atoms with Gasteiger partial charge in [-0.1, -0.05) is 37.3 Å². The minimum Gasteiger partial charge on any atom is -0.305 e. The highest BCUT2D eigenvalue weighted by atomic mass is 32.2. The van der Waals surface area contributed by atoms with Crippen LogP contribution < -0.4 is 5.32 Å². The highest BCUT2D eigenvalue weighted by Crippen LogP contribution is 2.24. The number of benzene rings is 1. The Kier molecular flexibility index (Phi) is 5.31. The van der Waals surface area contributed by atoms with E-state index in [4.69, 9.17) is 0 Å². The molecular weight excluding hydrogens is 252 g/mol. The van der Waals surface area contributed by atoms with Crippen molar-refractivity contribution in [2.24, 2.45) is 0 Å². The summed E-state index contributed by atoms with van der Waals surface area (Å²) >= 11 is 1.97. The predicted molar refractivity (Wildman–Crippen MR) is 85.8 cm³/mol. The maximum absolute atomic E-state index is 3.70. The van der Waals surface area contributed by atoms with Gasteiger partial charge in [-0.25, -0.2) is 0 Å². The summed E-state index contributed by atoms with van der Waals surface area (Å²) in [6.45, 7) is 9.22. The molecule has 1 heterocycles. The lowest BCUT2D eigenvalue weighted by molar-refractivity contribution is 0.142. The molecule has 106 valence electrons. The molecule has 0 spiro atoms. The highest BCUT2D eigenvalue weighted by Gasteiger charge is 2.31. The van der Waals surface area contributed by atoms with Gasteiger partial charge in [-0.3, -0.25) is 4.90 Å². The van der Waals surface area contributed by atoms with Crippen LogP contribution in [0.2, 0.25) is 0 Å². The molecule has 0 aliphatic carbocycles. The van der Waals surface area contributed by atoms with Gasteiger partial charge >= 0.3 is 0 Å². The third-order valence-corrected chi connectivity index (χ3v) is 5.19. The average molecular weight is 278 g/mol. The van der Waals surface area contributed by atoms with Crippen molar-refractivity contribution in [1.82, 2.24) is 10.2 Å². The Bertz CT molecular complexity index is 382. The van der Waals surface area contributed by atoms with Gasteiger partial charge in [0, 0.05) is 24.9 Å². The molecule has 1 aromatic carbocycles. The van der Waals surface area contributed by atoms with Crippen LogP contribution in [0.3, 0.4) is 0 Å². The fourth-order valence-corrected chi connectivity index (χ4v) is 3.09. The molecule has 19 heavy (non-hydrogen) atoms. The first-order chi connectivity index (χ1) is 9.14. The summed E-state index contributed by atoms with van der Waals surface area (Å²) in [7, 11) is 0. The number of nitrogens with zero attached hydrogens (tertiary/aromatic N) is 1. The number of thioether (sulfide) groups is 1. The van der Waals surface area contributed by atoms with E-state index in [1.165, 1.54) is 25.1 Å². The van der Waals surface area contributed by atoms with E-state index >= 15 is 0 Å². The third-order valence-electron chi connectivity index (χ3n) is 4.15. The second-order valence-corrected chi connectivity index (χ2v) is 7.01. The SMILES string of the molecule is CSC(C)CCN1CCNC(C)(c2ccccc2)C1. The van der Waals surface area contributed by atoms with Crippen LogP contribution in [-0.2, 0) is 5.54 Å². The van der Waals surface area contributed by atoms with E-state index in [1.54, 1.807) is 0 Å². The van der Waals surface area contributed by atoms with Gasteiger partial charge in [-0.15, -0.1) is 0 Å². The van der Waals surface area contributed by atoms with Gasteiger partial charge in [0.25, 0.3) is 0 Å². The number of rotatable bonds is 5. The molecule has 1 aliphatic heterocycles. The molecule has 1 aromatic rings. The van der Waals surface area contributed by atoms with Crippen LogP contribution in [-0.4, -0.2) is 42.6 Å². The molecule has 2 atom stereocenters. The molecular formula is C16H26N2S. The summed E-state index contributed by atoms with van der Waals surface area (Å²) in [5.74, 6) is 0. The molecule has 0 bridgehead atoms. The minimum atomic E-state index is 0.0993. The largest absolute Gasteiger partial charge is 0.305 e. The second kappa shape index (κ2) is 6.78. The lowest BCUT2D eigenvalue weighted by Crippen LogP contribution is -2.56. The standard InChI is InChI=1S/C16H26N2S/c1-14(19-3)9-11-18-12-10-17-16(2,13-18)15-7-5-4-6-8-15/h4-8,14,17H,9-13H2,1-3H3. The molecule has 2 rings (SSSR count). The van der Waals surface area contributed by atoms with Crippen molar-refractivity contribution in [1.29, 1.82) is 0 Å². The Hall–Kier alpha value is -0.510. The Labute approximate surface area is 122 Å². The zero-order valence-corrected chi connectivity index (χ0v) is 13.2. The third kappa shape index (κ3) is 3.98. The summed E-state index contributed by atoms with van der Waals surface area (Å²) < 4.78 is 0. The van der Waals surface area contributed by atoms with Crippen molar-refractivity contribution in [2.45, 2.75) is 31.1 Å². The molecule has 0 amide bonds. The summed E-state index contributed by atoms with van der Waals surface area (Å²) in [6, 6.07) is 10.8. The Morgan fingerprint density at radius 2 is 2.11 bits per heavy atom. The topological polar surface area (TPSA) is 15.3 Å². The fourth-order valence-electron chi connectivity index (χ4n) is 2.74. The summed E-state index contributed by atoms with van der Waals surface area (Å²) in [4.78, 5) is 2.61. The highest BCUT2D eigenvalue weighted by molar-refractivity contribution is 7.99. The number of hydrogen-bond donors (Lipinski definition) is 1. The van der Waals surface area contributed by atoms with Crippen molar-refractivity contribution in [3.63, 3.8) is 0 Å². The van der Waals surface area contributed by atoms with Crippen LogP contribution in [0.4, 0.5) is 0 Å². The first kappa shape index (κ1) is 14.9. The lowest BCUT2D eigenvalue weighted by Gasteiger charge is -2.42.